The molecule has 122 valence electrons. The average molecular weight is 331 g/mol. The largest absolute Gasteiger partial charge is 0.351 e. The van der Waals surface area contributed by atoms with E-state index in [1.807, 2.05) is 5.38 Å². The summed E-state index contributed by atoms with van der Waals surface area (Å²) in [4.78, 5) is 24.4. The van der Waals surface area contributed by atoms with Crippen LogP contribution in [0.15, 0.2) is 41.1 Å². The van der Waals surface area contributed by atoms with E-state index in [-0.39, 0.29) is 11.8 Å². The molecule has 0 saturated carbocycles. The standard InChI is InChI=1S/C17H21N3O2S/c1-2-8-18-9-10-19-17(22)14-5-3-4-6-15(14)20-16(21)13-7-11-23-12-13/h3-7,11-12,18H,2,8-10H2,1H3,(H,19,22)(H,20,21). The van der Waals surface area contributed by atoms with Crippen molar-refractivity contribution in [3.05, 3.63) is 52.2 Å². The van der Waals surface area contributed by atoms with Crippen LogP contribution in [0, 0.1) is 0 Å². The van der Waals surface area contributed by atoms with E-state index in [9.17, 15) is 9.59 Å². The van der Waals surface area contributed by atoms with Crippen LogP contribution in [-0.4, -0.2) is 31.4 Å². The molecule has 1 aromatic carbocycles. The summed E-state index contributed by atoms with van der Waals surface area (Å²) in [5, 5.41) is 12.5. The van der Waals surface area contributed by atoms with Crippen LogP contribution >= 0.6 is 11.3 Å². The number of thiophene rings is 1. The number of rotatable bonds is 8. The van der Waals surface area contributed by atoms with Gasteiger partial charge in [0.25, 0.3) is 11.8 Å². The Balaban J connectivity index is 1.96. The zero-order chi connectivity index (χ0) is 16.5. The zero-order valence-corrected chi connectivity index (χ0v) is 13.9. The molecule has 0 fully saturated rings. The third-order valence-corrected chi connectivity index (χ3v) is 3.90. The van der Waals surface area contributed by atoms with Crippen molar-refractivity contribution < 1.29 is 9.59 Å². The van der Waals surface area contributed by atoms with Gasteiger partial charge < -0.3 is 16.0 Å². The molecule has 5 nitrogen and oxygen atoms in total. The van der Waals surface area contributed by atoms with Crippen molar-refractivity contribution in [3.63, 3.8) is 0 Å². The first-order valence-corrected chi connectivity index (χ1v) is 8.58. The molecule has 2 rings (SSSR count). The number of anilines is 1. The third-order valence-electron chi connectivity index (χ3n) is 3.22. The van der Waals surface area contributed by atoms with E-state index in [0.29, 0.717) is 23.4 Å². The van der Waals surface area contributed by atoms with Crippen LogP contribution in [0.1, 0.15) is 34.1 Å². The molecule has 0 aliphatic carbocycles. The van der Waals surface area contributed by atoms with Gasteiger partial charge in [-0.25, -0.2) is 0 Å². The number of nitrogens with one attached hydrogen (secondary N) is 3. The second kappa shape index (κ2) is 9.07. The van der Waals surface area contributed by atoms with E-state index in [2.05, 4.69) is 22.9 Å². The number of para-hydroxylation sites is 1. The summed E-state index contributed by atoms with van der Waals surface area (Å²) in [7, 11) is 0. The lowest BCUT2D eigenvalue weighted by Crippen LogP contribution is -2.32. The van der Waals surface area contributed by atoms with Gasteiger partial charge in [0.2, 0.25) is 0 Å². The van der Waals surface area contributed by atoms with Crippen molar-refractivity contribution in [1.82, 2.24) is 10.6 Å². The fraction of sp³-hybridized carbons (Fsp3) is 0.294. The van der Waals surface area contributed by atoms with E-state index in [0.717, 1.165) is 19.5 Å². The highest BCUT2D eigenvalue weighted by atomic mass is 32.1. The molecule has 23 heavy (non-hydrogen) atoms. The fourth-order valence-electron chi connectivity index (χ4n) is 2.04. The molecule has 0 radical (unpaired) electrons. The van der Waals surface area contributed by atoms with Gasteiger partial charge in [-0.3, -0.25) is 9.59 Å². The maximum Gasteiger partial charge on any atom is 0.256 e. The van der Waals surface area contributed by atoms with Crippen molar-refractivity contribution in [3.8, 4) is 0 Å². The molecule has 6 heteroatoms. The second-order valence-electron chi connectivity index (χ2n) is 5.02. The van der Waals surface area contributed by atoms with Crippen LogP contribution in [-0.2, 0) is 0 Å². The van der Waals surface area contributed by atoms with Gasteiger partial charge in [0, 0.05) is 18.5 Å². The highest BCUT2D eigenvalue weighted by Crippen LogP contribution is 2.17. The molecular formula is C17H21N3O2S. The van der Waals surface area contributed by atoms with E-state index < -0.39 is 0 Å². The van der Waals surface area contributed by atoms with Gasteiger partial charge in [-0.05, 0) is 36.5 Å². The third kappa shape index (κ3) is 5.19. The summed E-state index contributed by atoms with van der Waals surface area (Å²) in [6.07, 6.45) is 1.06. The molecule has 0 bridgehead atoms. The molecule has 2 amide bonds. The van der Waals surface area contributed by atoms with Gasteiger partial charge in [0.1, 0.15) is 0 Å². The average Bonchev–Trinajstić information content (AvgIpc) is 3.09. The normalized spacial score (nSPS) is 10.3. The van der Waals surface area contributed by atoms with Crippen LogP contribution in [0.3, 0.4) is 0 Å². The Morgan fingerprint density at radius 2 is 1.87 bits per heavy atom. The smallest absolute Gasteiger partial charge is 0.256 e. The molecule has 0 aliphatic rings. The van der Waals surface area contributed by atoms with Crippen LogP contribution < -0.4 is 16.0 Å². The minimum absolute atomic E-state index is 0.190. The first kappa shape index (κ1) is 17.2. The van der Waals surface area contributed by atoms with Gasteiger partial charge in [0.05, 0.1) is 16.8 Å². The lowest BCUT2D eigenvalue weighted by atomic mass is 10.1. The Morgan fingerprint density at radius 3 is 2.61 bits per heavy atom. The SMILES string of the molecule is CCCNCCNC(=O)c1ccccc1NC(=O)c1ccsc1. The lowest BCUT2D eigenvalue weighted by Gasteiger charge is -2.11. The molecule has 1 heterocycles. The molecule has 0 unspecified atom stereocenters. The van der Waals surface area contributed by atoms with Crippen LogP contribution in [0.5, 0.6) is 0 Å². The van der Waals surface area contributed by atoms with Crippen LogP contribution in [0.2, 0.25) is 0 Å². The van der Waals surface area contributed by atoms with Gasteiger partial charge in [-0.15, -0.1) is 0 Å². The maximum absolute atomic E-state index is 12.3. The lowest BCUT2D eigenvalue weighted by molar-refractivity contribution is 0.0955. The van der Waals surface area contributed by atoms with E-state index >= 15 is 0 Å². The van der Waals surface area contributed by atoms with E-state index in [1.165, 1.54) is 11.3 Å². The van der Waals surface area contributed by atoms with Gasteiger partial charge in [0.15, 0.2) is 0 Å². The predicted octanol–water partition coefficient (Wildman–Crippen LogP) is 2.73. The summed E-state index contributed by atoms with van der Waals surface area (Å²) in [6, 6.07) is 8.77. The zero-order valence-electron chi connectivity index (χ0n) is 13.1. The summed E-state index contributed by atoms with van der Waals surface area (Å²) in [5.41, 5.74) is 1.57. The van der Waals surface area contributed by atoms with Crippen molar-refractivity contribution in [2.45, 2.75) is 13.3 Å². The number of hydrogen-bond acceptors (Lipinski definition) is 4. The second-order valence-corrected chi connectivity index (χ2v) is 5.80. The van der Waals surface area contributed by atoms with Crippen molar-refractivity contribution in [2.75, 3.05) is 25.0 Å². The van der Waals surface area contributed by atoms with Crippen molar-refractivity contribution in [2.24, 2.45) is 0 Å². The molecule has 1 aromatic heterocycles. The van der Waals surface area contributed by atoms with Gasteiger partial charge in [-0.1, -0.05) is 19.1 Å². The molecular weight excluding hydrogens is 310 g/mol. The fourth-order valence-corrected chi connectivity index (χ4v) is 2.68. The highest BCUT2D eigenvalue weighted by molar-refractivity contribution is 7.08. The van der Waals surface area contributed by atoms with Crippen molar-refractivity contribution in [1.29, 1.82) is 0 Å². The number of carbonyl (C=O) groups excluding carboxylic acids is 2. The first-order chi connectivity index (χ1) is 11.2. The minimum Gasteiger partial charge on any atom is -0.351 e. The Hall–Kier alpha value is -2.18. The highest BCUT2D eigenvalue weighted by Gasteiger charge is 2.13. The van der Waals surface area contributed by atoms with Crippen molar-refractivity contribution >= 4 is 28.8 Å². The molecule has 0 atom stereocenters. The van der Waals surface area contributed by atoms with Gasteiger partial charge in [-0.2, -0.15) is 11.3 Å². The Labute approximate surface area is 140 Å². The number of amides is 2. The molecule has 0 aliphatic heterocycles. The minimum atomic E-state index is -0.212. The quantitative estimate of drug-likeness (QED) is 0.651. The Kier molecular flexibility index (Phi) is 6.77. The molecule has 0 spiro atoms. The van der Waals surface area contributed by atoms with Crippen LogP contribution in [0.4, 0.5) is 5.69 Å². The number of carbonyl (C=O) groups is 2. The topological polar surface area (TPSA) is 70.2 Å². The predicted molar refractivity (Wildman–Crippen MR) is 94.2 cm³/mol. The summed E-state index contributed by atoms with van der Waals surface area (Å²) < 4.78 is 0. The van der Waals surface area contributed by atoms with E-state index in [4.69, 9.17) is 0 Å². The number of benzene rings is 1. The summed E-state index contributed by atoms with van der Waals surface area (Å²) >= 11 is 1.46. The van der Waals surface area contributed by atoms with E-state index in [1.54, 1.807) is 35.7 Å². The Bertz CT molecular complexity index is 641. The van der Waals surface area contributed by atoms with Gasteiger partial charge >= 0.3 is 0 Å². The summed E-state index contributed by atoms with van der Waals surface area (Å²) in [6.45, 7) is 4.30. The molecule has 0 saturated heterocycles. The Morgan fingerprint density at radius 1 is 1.04 bits per heavy atom. The first-order valence-electron chi connectivity index (χ1n) is 7.64. The summed E-state index contributed by atoms with van der Waals surface area (Å²) in [5.74, 6) is -0.402. The van der Waals surface area contributed by atoms with Crippen LogP contribution in [0.25, 0.3) is 0 Å². The monoisotopic (exact) mass is 331 g/mol. The maximum atomic E-state index is 12.3. The molecule has 3 N–H and O–H groups in total. The molecule has 2 aromatic rings. The number of hydrogen-bond donors (Lipinski definition) is 3.